The number of hydrazone groups is 1. The predicted octanol–water partition coefficient (Wildman–Crippen LogP) is 4.86. The molecule has 0 aliphatic carbocycles. The number of carbonyl (C=O) groups excluding carboxylic acids is 2. The highest BCUT2D eigenvalue weighted by Crippen LogP contribution is 2.32. The zero-order valence-electron chi connectivity index (χ0n) is 20.7. The van der Waals surface area contributed by atoms with Gasteiger partial charge >= 0.3 is 5.97 Å². The maximum absolute atomic E-state index is 12.4. The Morgan fingerprint density at radius 1 is 1.03 bits per heavy atom. The van der Waals surface area contributed by atoms with E-state index < -0.39 is 11.9 Å². The molecule has 35 heavy (non-hydrogen) atoms. The van der Waals surface area contributed by atoms with Crippen molar-refractivity contribution in [1.29, 1.82) is 0 Å². The Morgan fingerprint density at radius 3 is 2.31 bits per heavy atom. The van der Waals surface area contributed by atoms with E-state index in [1.807, 2.05) is 12.1 Å². The summed E-state index contributed by atoms with van der Waals surface area (Å²) < 4.78 is 6.26. The molecule has 0 radical (unpaired) electrons. The van der Waals surface area contributed by atoms with Crippen LogP contribution in [0.5, 0.6) is 5.75 Å². The fourth-order valence-electron chi connectivity index (χ4n) is 3.79. The number of ether oxygens (including phenoxy) is 1. The van der Waals surface area contributed by atoms with Gasteiger partial charge in [0.1, 0.15) is 5.69 Å². The molecule has 8 nitrogen and oxygen atoms in total. The number of benzene rings is 2. The molecule has 2 N–H and O–H groups in total. The number of carbonyl (C=O) groups is 2. The zero-order chi connectivity index (χ0) is 25.4. The van der Waals surface area contributed by atoms with Crippen molar-refractivity contribution < 1.29 is 19.4 Å². The monoisotopic (exact) mass is 476 g/mol. The number of methoxy groups -OCH3 is 1. The lowest BCUT2D eigenvalue weighted by Gasteiger charge is -2.06. The van der Waals surface area contributed by atoms with Gasteiger partial charge in [-0.3, -0.25) is 9.48 Å². The summed E-state index contributed by atoms with van der Waals surface area (Å²) in [5.74, 6) is -0.930. The van der Waals surface area contributed by atoms with Crippen molar-refractivity contribution in [2.24, 2.45) is 12.1 Å². The summed E-state index contributed by atoms with van der Waals surface area (Å²) >= 11 is 0. The molecule has 3 aromatic rings. The summed E-state index contributed by atoms with van der Waals surface area (Å²) in [6.07, 6.45) is 5.92. The molecule has 0 saturated heterocycles. The third-order valence-corrected chi connectivity index (χ3v) is 5.80. The van der Waals surface area contributed by atoms with E-state index in [9.17, 15) is 14.7 Å². The summed E-state index contributed by atoms with van der Waals surface area (Å²) in [7, 11) is 3.05. The van der Waals surface area contributed by atoms with Gasteiger partial charge in [-0.25, -0.2) is 10.2 Å². The van der Waals surface area contributed by atoms with Crippen LogP contribution in [0.1, 0.15) is 71.5 Å². The molecule has 1 aromatic heterocycles. The quantitative estimate of drug-likeness (QED) is 0.188. The van der Waals surface area contributed by atoms with Crippen LogP contribution >= 0.6 is 0 Å². The van der Waals surface area contributed by atoms with E-state index in [0.29, 0.717) is 22.5 Å². The van der Waals surface area contributed by atoms with Gasteiger partial charge in [-0.2, -0.15) is 10.2 Å². The smallest absolute Gasteiger partial charge is 0.337 e. The Balaban J connectivity index is 1.70. The fraction of sp³-hybridized carbons (Fsp3) is 0.333. The highest BCUT2D eigenvalue weighted by molar-refractivity contribution is 6.02. The van der Waals surface area contributed by atoms with Crippen LogP contribution in [0.4, 0.5) is 0 Å². The maximum atomic E-state index is 12.4. The van der Waals surface area contributed by atoms with Gasteiger partial charge in [0.05, 0.1) is 18.4 Å². The molecule has 3 rings (SSSR count). The first-order chi connectivity index (χ1) is 16.8. The third kappa shape index (κ3) is 6.35. The molecule has 0 aliphatic rings. The topological polar surface area (TPSA) is 106 Å². The molecular weight excluding hydrogens is 444 g/mol. The summed E-state index contributed by atoms with van der Waals surface area (Å²) in [4.78, 5) is 24.0. The van der Waals surface area contributed by atoms with Gasteiger partial charge in [0.15, 0.2) is 11.4 Å². The van der Waals surface area contributed by atoms with Crippen LogP contribution in [0.3, 0.4) is 0 Å². The molecule has 0 saturated carbocycles. The van der Waals surface area contributed by atoms with Gasteiger partial charge in [-0.15, -0.1) is 0 Å². The largest absolute Gasteiger partial charge is 0.504 e. The SMILES string of the molecule is CCCCCCc1ccc(-c2c(O)c(C(C)=NNC(=O)c3ccc(C(=O)OC)cc3)nn2C)cc1. The van der Waals surface area contributed by atoms with Crippen LogP contribution in [0, 0.1) is 0 Å². The molecule has 1 heterocycles. The van der Waals surface area contributed by atoms with Crippen molar-refractivity contribution in [1.82, 2.24) is 15.2 Å². The Bertz CT molecular complexity index is 1200. The van der Waals surface area contributed by atoms with E-state index in [1.54, 1.807) is 18.7 Å². The lowest BCUT2D eigenvalue weighted by molar-refractivity contribution is 0.0600. The van der Waals surface area contributed by atoms with Gasteiger partial charge in [0, 0.05) is 18.2 Å². The first kappa shape index (κ1) is 25.7. The lowest BCUT2D eigenvalue weighted by atomic mass is 10.0. The number of aryl methyl sites for hydroxylation is 2. The van der Waals surface area contributed by atoms with Crippen molar-refractivity contribution in [3.8, 4) is 17.0 Å². The van der Waals surface area contributed by atoms with Gasteiger partial charge in [0.2, 0.25) is 0 Å². The average molecular weight is 477 g/mol. The highest BCUT2D eigenvalue weighted by Gasteiger charge is 2.19. The van der Waals surface area contributed by atoms with Crippen LogP contribution in [-0.2, 0) is 18.2 Å². The minimum Gasteiger partial charge on any atom is -0.504 e. The van der Waals surface area contributed by atoms with Gasteiger partial charge in [-0.1, -0.05) is 50.5 Å². The maximum Gasteiger partial charge on any atom is 0.337 e. The molecule has 0 fully saturated rings. The standard InChI is InChI=1S/C27H32N4O4/c1-5-6-7-8-9-19-10-12-20(13-11-19)24-25(32)23(30-31(24)3)18(2)28-29-26(33)21-14-16-22(17-15-21)27(34)35-4/h10-17,32H,5-9H2,1-4H3,(H,29,33). The number of hydrogen-bond donors (Lipinski definition) is 2. The van der Waals surface area contributed by atoms with Crippen molar-refractivity contribution in [2.45, 2.75) is 46.0 Å². The fourth-order valence-corrected chi connectivity index (χ4v) is 3.79. The number of hydrogen-bond acceptors (Lipinski definition) is 6. The predicted molar refractivity (Wildman–Crippen MR) is 136 cm³/mol. The second-order valence-electron chi connectivity index (χ2n) is 8.38. The summed E-state index contributed by atoms with van der Waals surface area (Å²) in [5.41, 5.74) is 6.48. The Kier molecular flexibility index (Phi) is 8.78. The van der Waals surface area contributed by atoms with Crippen LogP contribution in [0.25, 0.3) is 11.3 Å². The molecule has 0 spiro atoms. The molecule has 0 unspecified atom stereocenters. The van der Waals surface area contributed by atoms with E-state index in [2.05, 4.69) is 39.4 Å². The molecular formula is C27H32N4O4. The van der Waals surface area contributed by atoms with Crippen molar-refractivity contribution in [3.05, 3.63) is 70.9 Å². The first-order valence-electron chi connectivity index (χ1n) is 11.7. The number of nitrogens with zero attached hydrogens (tertiary/aromatic N) is 3. The normalized spacial score (nSPS) is 11.4. The number of esters is 1. The van der Waals surface area contributed by atoms with Crippen LogP contribution in [0.15, 0.2) is 53.6 Å². The third-order valence-electron chi connectivity index (χ3n) is 5.80. The Hall–Kier alpha value is -3.94. The highest BCUT2D eigenvalue weighted by atomic mass is 16.5. The van der Waals surface area contributed by atoms with Crippen molar-refractivity contribution >= 4 is 17.6 Å². The molecule has 0 aliphatic heterocycles. The van der Waals surface area contributed by atoms with E-state index in [0.717, 1.165) is 12.0 Å². The Morgan fingerprint density at radius 2 is 1.69 bits per heavy atom. The first-order valence-corrected chi connectivity index (χ1v) is 11.7. The summed E-state index contributed by atoms with van der Waals surface area (Å²) in [5, 5.41) is 19.4. The summed E-state index contributed by atoms with van der Waals surface area (Å²) in [6, 6.07) is 14.2. The summed E-state index contributed by atoms with van der Waals surface area (Å²) in [6.45, 7) is 3.86. The van der Waals surface area contributed by atoms with Crippen molar-refractivity contribution in [3.63, 3.8) is 0 Å². The van der Waals surface area contributed by atoms with E-state index in [1.165, 1.54) is 62.6 Å². The van der Waals surface area contributed by atoms with Crippen LogP contribution in [-0.4, -0.2) is 39.6 Å². The number of rotatable bonds is 10. The van der Waals surface area contributed by atoms with E-state index >= 15 is 0 Å². The second kappa shape index (κ2) is 12.0. The number of unbranched alkanes of at least 4 members (excludes halogenated alkanes) is 3. The molecule has 0 bridgehead atoms. The van der Waals surface area contributed by atoms with Crippen molar-refractivity contribution in [2.75, 3.05) is 7.11 Å². The van der Waals surface area contributed by atoms with Crippen LogP contribution < -0.4 is 5.43 Å². The van der Waals surface area contributed by atoms with Gasteiger partial charge < -0.3 is 9.84 Å². The number of nitrogens with one attached hydrogen (secondary N) is 1. The number of aromatic hydroxyl groups is 1. The lowest BCUT2D eigenvalue weighted by Crippen LogP contribution is -2.19. The number of aromatic nitrogens is 2. The minimum atomic E-state index is -0.478. The van der Waals surface area contributed by atoms with Gasteiger partial charge in [-0.05, 0) is 49.6 Å². The van der Waals surface area contributed by atoms with Crippen LogP contribution in [0.2, 0.25) is 0 Å². The van der Waals surface area contributed by atoms with E-state index in [-0.39, 0.29) is 11.4 Å². The molecule has 8 heteroatoms. The molecule has 184 valence electrons. The zero-order valence-corrected chi connectivity index (χ0v) is 20.7. The average Bonchev–Trinajstić information content (AvgIpc) is 3.18. The molecule has 2 aromatic carbocycles. The van der Waals surface area contributed by atoms with Gasteiger partial charge in [0.25, 0.3) is 5.91 Å². The van der Waals surface area contributed by atoms with E-state index in [4.69, 9.17) is 0 Å². The Labute approximate surface area is 205 Å². The second-order valence-corrected chi connectivity index (χ2v) is 8.38. The molecule has 1 amide bonds. The number of amides is 1. The molecule has 0 atom stereocenters. The minimum absolute atomic E-state index is 0.00104.